The first-order valence-corrected chi connectivity index (χ1v) is 18.2. The van der Waals surface area contributed by atoms with E-state index in [4.69, 9.17) is 0 Å². The van der Waals surface area contributed by atoms with Gasteiger partial charge < -0.3 is 0 Å². The van der Waals surface area contributed by atoms with Crippen LogP contribution < -0.4 is 0 Å². The zero-order chi connectivity index (χ0) is 21.2. The quantitative estimate of drug-likeness (QED) is 0.431. The van der Waals surface area contributed by atoms with E-state index in [2.05, 4.69) is 111 Å². The Morgan fingerprint density at radius 1 is 0.724 bits per heavy atom. The van der Waals surface area contributed by atoms with Gasteiger partial charge in [-0.15, -0.1) is 0 Å². The van der Waals surface area contributed by atoms with Gasteiger partial charge in [-0.25, -0.2) is 0 Å². The minimum absolute atomic E-state index is 0.103. The molecule has 0 fully saturated rings. The molecular formula is C28H34Zr. The van der Waals surface area contributed by atoms with E-state index in [-0.39, 0.29) is 8.54 Å². The molecule has 0 aliphatic heterocycles. The molecule has 1 heteroatoms. The van der Waals surface area contributed by atoms with Crippen molar-refractivity contribution in [3.8, 4) is 0 Å². The summed E-state index contributed by atoms with van der Waals surface area (Å²) in [7, 11) is 0. The summed E-state index contributed by atoms with van der Waals surface area (Å²) in [5.74, 6) is 0. The molecule has 0 amide bonds. The van der Waals surface area contributed by atoms with Crippen LogP contribution in [0.25, 0.3) is 11.6 Å². The predicted molar refractivity (Wildman–Crippen MR) is 125 cm³/mol. The standard InChI is InChI=1S/C16H13.C10H15.2CH3.Zr/c1-12-15-10-6-5-9-14(15)11-16(12)13-7-3-2-4-8-13;1-7-6-10(4,5)9(3)8(7)2;;;/h2-11H,1H3;1-5H3;2*1H3;. The molecule has 2 aliphatic rings. The fraction of sp³-hybridized carbons (Fsp3) is 0.357. The fourth-order valence-corrected chi connectivity index (χ4v) is 19.0. The number of hydrogen-bond acceptors (Lipinski definition) is 0. The van der Waals surface area contributed by atoms with Gasteiger partial charge in [-0.2, -0.15) is 0 Å². The topological polar surface area (TPSA) is 0 Å². The molecule has 150 valence electrons. The number of hydrogen-bond donors (Lipinski definition) is 0. The third-order valence-corrected chi connectivity index (χ3v) is 21.4. The summed E-state index contributed by atoms with van der Waals surface area (Å²) in [4.78, 5) is 0. The molecule has 0 radical (unpaired) electrons. The van der Waals surface area contributed by atoms with Crippen LogP contribution in [0.3, 0.4) is 0 Å². The Hall–Kier alpha value is -1.46. The van der Waals surface area contributed by atoms with Crippen molar-refractivity contribution in [3.63, 3.8) is 0 Å². The van der Waals surface area contributed by atoms with Crippen LogP contribution in [0.1, 0.15) is 58.2 Å². The third kappa shape index (κ3) is 2.73. The van der Waals surface area contributed by atoms with Gasteiger partial charge in [0.2, 0.25) is 0 Å². The fourth-order valence-electron chi connectivity index (χ4n) is 6.28. The second-order valence-electron chi connectivity index (χ2n) is 10.1. The average Bonchev–Trinajstić information content (AvgIpc) is 3.09. The van der Waals surface area contributed by atoms with E-state index in [1.54, 1.807) is 14.4 Å². The first kappa shape index (κ1) is 20.8. The SMILES string of the molecule is CC1=C(C)C(C)(C)[C]([Zr]([CH3])([CH3])[C]2(C)C(c3ccccc3)=Cc3ccccc32)=C1C. The Morgan fingerprint density at radius 2 is 1.31 bits per heavy atom. The molecule has 4 rings (SSSR count). The van der Waals surface area contributed by atoms with Crippen molar-refractivity contribution < 1.29 is 20.3 Å². The molecule has 0 bridgehead atoms. The predicted octanol–water partition coefficient (Wildman–Crippen LogP) is 8.36. The van der Waals surface area contributed by atoms with Crippen molar-refractivity contribution in [3.05, 3.63) is 91.3 Å². The van der Waals surface area contributed by atoms with E-state index in [0.29, 0.717) is 0 Å². The monoisotopic (exact) mass is 460 g/mol. The summed E-state index contributed by atoms with van der Waals surface area (Å²) in [5.41, 5.74) is 10.7. The Balaban J connectivity index is 2.00. The van der Waals surface area contributed by atoms with Gasteiger partial charge in [-0.05, 0) is 0 Å². The molecule has 2 aliphatic carbocycles. The van der Waals surface area contributed by atoms with Gasteiger partial charge >= 0.3 is 183 Å². The second kappa shape index (κ2) is 6.78. The molecule has 29 heavy (non-hydrogen) atoms. The van der Waals surface area contributed by atoms with Gasteiger partial charge in [0, 0.05) is 0 Å². The van der Waals surface area contributed by atoms with Gasteiger partial charge in [0.1, 0.15) is 0 Å². The Bertz CT molecular complexity index is 1080. The van der Waals surface area contributed by atoms with Gasteiger partial charge in [-0.3, -0.25) is 0 Å². The maximum atomic E-state index is 2.68. The summed E-state index contributed by atoms with van der Waals surface area (Å²) >= 11 is -2.96. The molecule has 2 aromatic carbocycles. The first-order chi connectivity index (χ1) is 13.5. The summed E-state index contributed by atoms with van der Waals surface area (Å²) < 4.78 is 7.26. The summed E-state index contributed by atoms with van der Waals surface area (Å²) in [6.45, 7) is 14.6. The Morgan fingerprint density at radius 3 is 1.90 bits per heavy atom. The van der Waals surface area contributed by atoms with Gasteiger partial charge in [0.05, 0.1) is 0 Å². The Kier molecular flexibility index (Phi) is 4.86. The summed E-state index contributed by atoms with van der Waals surface area (Å²) in [6.07, 6.45) is 2.48. The van der Waals surface area contributed by atoms with E-state index in [1.807, 2.05) is 0 Å². The van der Waals surface area contributed by atoms with Gasteiger partial charge in [0.15, 0.2) is 0 Å². The molecule has 0 saturated heterocycles. The van der Waals surface area contributed by atoms with Crippen LogP contribution >= 0.6 is 0 Å². The number of allylic oxidation sites excluding steroid dienone is 5. The normalized spacial score (nSPS) is 23.5. The van der Waals surface area contributed by atoms with Gasteiger partial charge in [-0.1, -0.05) is 0 Å². The molecule has 0 heterocycles. The molecular weight excluding hydrogens is 428 g/mol. The van der Waals surface area contributed by atoms with Crippen molar-refractivity contribution in [2.45, 2.75) is 53.9 Å². The summed E-state index contributed by atoms with van der Waals surface area (Å²) in [6, 6.07) is 20.2. The molecule has 1 unspecified atom stereocenters. The van der Waals surface area contributed by atoms with Crippen LogP contribution in [0, 0.1) is 5.41 Å². The van der Waals surface area contributed by atoms with Crippen LogP contribution in [0.15, 0.2) is 74.6 Å². The van der Waals surface area contributed by atoms with Crippen molar-refractivity contribution in [2.24, 2.45) is 5.41 Å². The van der Waals surface area contributed by atoms with Gasteiger partial charge in [0.25, 0.3) is 0 Å². The molecule has 0 spiro atoms. The zero-order valence-corrected chi connectivity index (χ0v) is 21.7. The van der Waals surface area contributed by atoms with Crippen molar-refractivity contribution in [1.29, 1.82) is 0 Å². The zero-order valence-electron chi connectivity index (χ0n) is 19.3. The summed E-state index contributed by atoms with van der Waals surface area (Å²) in [5, 5.41) is 0. The molecule has 0 N–H and O–H groups in total. The van der Waals surface area contributed by atoms with Crippen LogP contribution in [0.2, 0.25) is 9.26 Å². The molecule has 1 atom stereocenters. The first-order valence-electron chi connectivity index (χ1n) is 10.8. The molecule has 2 aromatic rings. The Labute approximate surface area is 181 Å². The number of benzene rings is 2. The maximum absolute atomic E-state index is 2.96. The van der Waals surface area contributed by atoms with Crippen LogP contribution in [0.5, 0.6) is 0 Å². The van der Waals surface area contributed by atoms with Crippen molar-refractivity contribution in [2.75, 3.05) is 0 Å². The van der Waals surface area contributed by atoms with E-state index >= 15 is 0 Å². The molecule has 0 aromatic heterocycles. The number of fused-ring (bicyclic) bond motifs is 1. The second-order valence-corrected chi connectivity index (χ2v) is 21.8. The minimum atomic E-state index is -2.96. The average molecular weight is 462 g/mol. The van der Waals surface area contributed by atoms with E-state index in [9.17, 15) is 0 Å². The molecule has 0 nitrogen and oxygen atoms in total. The molecule has 0 saturated carbocycles. The van der Waals surface area contributed by atoms with Crippen molar-refractivity contribution >= 4 is 11.6 Å². The van der Waals surface area contributed by atoms with Crippen LogP contribution in [-0.4, -0.2) is 0 Å². The number of rotatable bonds is 3. The van der Waals surface area contributed by atoms with E-state index in [1.165, 1.54) is 27.8 Å². The van der Waals surface area contributed by atoms with Crippen LogP contribution in [-0.2, 0) is 23.4 Å². The van der Waals surface area contributed by atoms with Crippen LogP contribution in [0.4, 0.5) is 0 Å². The van der Waals surface area contributed by atoms with E-state index in [0.717, 1.165) is 0 Å². The third-order valence-electron chi connectivity index (χ3n) is 8.36. The van der Waals surface area contributed by atoms with E-state index < -0.39 is 20.3 Å². The van der Waals surface area contributed by atoms with Crippen molar-refractivity contribution in [1.82, 2.24) is 0 Å².